The van der Waals surface area contributed by atoms with E-state index in [4.69, 9.17) is 4.74 Å². The number of carbonyl (C=O) groups excluding carboxylic acids is 2. The minimum absolute atomic E-state index is 0.244. The summed E-state index contributed by atoms with van der Waals surface area (Å²) in [6.07, 6.45) is 0.380. The molecule has 1 saturated heterocycles. The number of aromatic nitrogens is 2. The number of ether oxygens (including phenoxy) is 1. The molecule has 1 amide bonds. The zero-order valence-corrected chi connectivity index (χ0v) is 16.6. The number of amides is 1. The van der Waals surface area contributed by atoms with Crippen LogP contribution in [0, 0.1) is 12.8 Å². The number of aliphatic hydroxyl groups excluding tert-OH is 1. The Morgan fingerprint density at radius 2 is 1.77 bits per heavy atom. The smallest absolute Gasteiger partial charge is 0.237 e. The third-order valence-corrected chi connectivity index (χ3v) is 4.94. The van der Waals surface area contributed by atoms with Crippen LogP contribution in [0.1, 0.15) is 18.2 Å². The van der Waals surface area contributed by atoms with Crippen molar-refractivity contribution < 1.29 is 19.4 Å². The van der Waals surface area contributed by atoms with Crippen LogP contribution in [0.3, 0.4) is 0 Å². The van der Waals surface area contributed by atoms with Crippen molar-refractivity contribution in [1.82, 2.24) is 15.1 Å². The molecule has 0 aliphatic carbocycles. The minimum Gasteiger partial charge on any atom is -0.438 e. The molecule has 0 spiro atoms. The quantitative estimate of drug-likeness (QED) is 0.639. The summed E-state index contributed by atoms with van der Waals surface area (Å²) in [5.41, 5.74) is 2.29. The number of para-hydroxylation sites is 2. The number of aryl methyl sites for hydroxylation is 1. The minimum atomic E-state index is -1.24. The first kappa shape index (κ1) is 19.6. The maximum Gasteiger partial charge on any atom is 0.237 e. The van der Waals surface area contributed by atoms with Crippen LogP contribution >= 0.6 is 0 Å². The number of carbonyl (C=O) groups is 2. The molecule has 2 atom stereocenters. The summed E-state index contributed by atoms with van der Waals surface area (Å²) in [5.74, 6) is -0.961. The fourth-order valence-electron chi connectivity index (χ4n) is 3.43. The van der Waals surface area contributed by atoms with Gasteiger partial charge in [-0.15, -0.1) is 0 Å². The highest BCUT2D eigenvalue weighted by atomic mass is 16.5. The molecule has 0 bridgehead atoms. The molecule has 2 heterocycles. The Balaban J connectivity index is 1.83. The van der Waals surface area contributed by atoms with Gasteiger partial charge in [0.05, 0.1) is 16.9 Å². The van der Waals surface area contributed by atoms with Crippen molar-refractivity contribution in [2.75, 3.05) is 0 Å². The van der Waals surface area contributed by atoms with Crippen LogP contribution in [0.2, 0.25) is 0 Å². The van der Waals surface area contributed by atoms with Gasteiger partial charge in [-0.1, -0.05) is 36.4 Å². The SMILES string of the molecule is CC(=O)C1C(=O)NC(=Cc2c(C)nn(-c3ccccc3)c2Oc2ccccc2)C1O. The highest BCUT2D eigenvalue weighted by molar-refractivity contribution is 6.04. The van der Waals surface area contributed by atoms with E-state index in [2.05, 4.69) is 10.4 Å². The van der Waals surface area contributed by atoms with E-state index < -0.39 is 17.9 Å². The van der Waals surface area contributed by atoms with Gasteiger partial charge in [-0.25, -0.2) is 0 Å². The van der Waals surface area contributed by atoms with Crippen molar-refractivity contribution in [2.45, 2.75) is 20.0 Å². The average Bonchev–Trinajstić information content (AvgIpc) is 3.19. The average molecular weight is 403 g/mol. The molecule has 3 aromatic rings. The summed E-state index contributed by atoms with van der Waals surface area (Å²) in [6.45, 7) is 3.11. The van der Waals surface area contributed by atoms with Crippen molar-refractivity contribution in [1.29, 1.82) is 0 Å². The van der Waals surface area contributed by atoms with Crippen molar-refractivity contribution in [3.05, 3.63) is 77.6 Å². The van der Waals surface area contributed by atoms with E-state index in [1.165, 1.54) is 6.92 Å². The molecule has 4 rings (SSSR count). The van der Waals surface area contributed by atoms with E-state index >= 15 is 0 Å². The van der Waals surface area contributed by atoms with E-state index in [-0.39, 0.29) is 11.5 Å². The lowest BCUT2D eigenvalue weighted by atomic mass is 9.99. The highest BCUT2D eigenvalue weighted by Gasteiger charge is 2.40. The van der Waals surface area contributed by atoms with Crippen LogP contribution in [0.15, 0.2) is 66.4 Å². The molecule has 1 aliphatic rings. The van der Waals surface area contributed by atoms with Crippen LogP contribution in [0.25, 0.3) is 11.8 Å². The zero-order valence-electron chi connectivity index (χ0n) is 16.6. The van der Waals surface area contributed by atoms with Gasteiger partial charge in [0.25, 0.3) is 0 Å². The second kappa shape index (κ2) is 7.96. The Morgan fingerprint density at radius 1 is 1.13 bits per heavy atom. The number of nitrogens with zero attached hydrogens (tertiary/aromatic N) is 2. The molecule has 1 fully saturated rings. The number of hydrogen-bond acceptors (Lipinski definition) is 5. The van der Waals surface area contributed by atoms with E-state index in [9.17, 15) is 14.7 Å². The molecule has 7 nitrogen and oxygen atoms in total. The molecule has 0 saturated carbocycles. The highest BCUT2D eigenvalue weighted by Crippen LogP contribution is 2.33. The van der Waals surface area contributed by atoms with Gasteiger partial charge in [-0.05, 0) is 44.2 Å². The third kappa shape index (κ3) is 3.62. The summed E-state index contributed by atoms with van der Waals surface area (Å²) >= 11 is 0. The summed E-state index contributed by atoms with van der Waals surface area (Å²) in [4.78, 5) is 23.9. The molecule has 2 N–H and O–H groups in total. The number of nitrogens with one attached hydrogen (secondary N) is 1. The van der Waals surface area contributed by atoms with Gasteiger partial charge in [-0.3, -0.25) is 9.59 Å². The zero-order chi connectivity index (χ0) is 21.3. The van der Waals surface area contributed by atoms with Crippen LogP contribution in [0.5, 0.6) is 11.6 Å². The Bertz CT molecular complexity index is 1120. The number of aliphatic hydroxyl groups is 1. The van der Waals surface area contributed by atoms with E-state index in [0.717, 1.165) is 5.69 Å². The summed E-state index contributed by atoms with van der Waals surface area (Å²) in [5, 5.41) is 17.7. The van der Waals surface area contributed by atoms with Gasteiger partial charge in [0, 0.05) is 5.70 Å². The lowest BCUT2D eigenvalue weighted by Gasteiger charge is -2.11. The molecule has 0 radical (unpaired) electrons. The molecule has 1 aliphatic heterocycles. The van der Waals surface area contributed by atoms with Crippen LogP contribution in [-0.2, 0) is 9.59 Å². The molecule has 152 valence electrons. The van der Waals surface area contributed by atoms with Crippen molar-refractivity contribution >= 4 is 17.8 Å². The number of Topliss-reactive ketones (excluding diaryl/α,β-unsaturated/α-hetero) is 1. The first-order chi connectivity index (χ1) is 14.5. The Kier molecular flexibility index (Phi) is 5.20. The van der Waals surface area contributed by atoms with E-state index in [0.29, 0.717) is 22.9 Å². The monoisotopic (exact) mass is 403 g/mol. The topological polar surface area (TPSA) is 93.5 Å². The first-order valence-electron chi connectivity index (χ1n) is 9.54. The molecular formula is C23H21N3O4. The van der Waals surface area contributed by atoms with Crippen molar-refractivity contribution in [3.8, 4) is 17.3 Å². The Morgan fingerprint density at radius 3 is 2.37 bits per heavy atom. The predicted octanol–water partition coefficient (Wildman–Crippen LogP) is 3.01. The molecule has 1 aromatic heterocycles. The molecule has 7 heteroatoms. The fraction of sp³-hybridized carbons (Fsp3) is 0.174. The standard InChI is InChI=1S/C23H21N3O4/c1-14-18(13-19-21(28)20(15(2)27)22(29)24-19)23(30-17-11-7-4-8-12-17)26(25-14)16-9-5-3-6-10-16/h3-13,20-21,28H,1-2H3,(H,24,29). The number of ketones is 1. The largest absolute Gasteiger partial charge is 0.438 e. The molecule has 30 heavy (non-hydrogen) atoms. The fourth-order valence-corrected chi connectivity index (χ4v) is 3.43. The van der Waals surface area contributed by atoms with Crippen molar-refractivity contribution in [2.24, 2.45) is 5.92 Å². The van der Waals surface area contributed by atoms with Gasteiger partial charge in [0.15, 0.2) is 0 Å². The maximum atomic E-state index is 12.1. The van der Waals surface area contributed by atoms with Crippen molar-refractivity contribution in [3.63, 3.8) is 0 Å². The maximum absolute atomic E-state index is 12.1. The molecular weight excluding hydrogens is 382 g/mol. The van der Waals surface area contributed by atoms with Crippen LogP contribution in [-0.4, -0.2) is 32.7 Å². The van der Waals surface area contributed by atoms with Crippen LogP contribution in [0.4, 0.5) is 0 Å². The lowest BCUT2D eigenvalue weighted by Crippen LogP contribution is -2.28. The van der Waals surface area contributed by atoms with Crippen LogP contribution < -0.4 is 10.1 Å². The summed E-state index contributed by atoms with van der Waals surface area (Å²) in [6, 6.07) is 18.8. The Hall–Kier alpha value is -3.71. The van der Waals surface area contributed by atoms with E-state index in [1.54, 1.807) is 10.8 Å². The molecule has 2 aromatic carbocycles. The first-order valence-corrected chi connectivity index (χ1v) is 9.54. The summed E-state index contributed by atoms with van der Waals surface area (Å²) in [7, 11) is 0. The number of rotatable bonds is 5. The second-order valence-corrected chi connectivity index (χ2v) is 7.09. The van der Waals surface area contributed by atoms with Gasteiger partial charge >= 0.3 is 0 Å². The molecule has 2 unspecified atom stereocenters. The van der Waals surface area contributed by atoms with E-state index in [1.807, 2.05) is 67.6 Å². The normalized spacial score (nSPS) is 19.7. The van der Waals surface area contributed by atoms with Gasteiger partial charge < -0.3 is 15.2 Å². The van der Waals surface area contributed by atoms with Gasteiger partial charge in [0.2, 0.25) is 11.8 Å². The lowest BCUT2D eigenvalue weighted by molar-refractivity contribution is -0.132. The third-order valence-electron chi connectivity index (χ3n) is 4.94. The Labute approximate surface area is 173 Å². The number of benzene rings is 2. The second-order valence-electron chi connectivity index (χ2n) is 7.09. The van der Waals surface area contributed by atoms with Gasteiger partial charge in [-0.2, -0.15) is 9.78 Å². The number of hydrogen-bond donors (Lipinski definition) is 2. The predicted molar refractivity (Wildman–Crippen MR) is 111 cm³/mol. The summed E-state index contributed by atoms with van der Waals surface area (Å²) < 4.78 is 7.82. The van der Waals surface area contributed by atoms with Gasteiger partial charge in [0.1, 0.15) is 23.6 Å².